The third-order valence-corrected chi connectivity index (χ3v) is 5.66. The fourth-order valence-electron chi connectivity index (χ4n) is 4.29. The van der Waals surface area contributed by atoms with Crippen molar-refractivity contribution in [2.75, 3.05) is 26.2 Å². The Morgan fingerprint density at radius 3 is 2.70 bits per heavy atom. The van der Waals surface area contributed by atoms with E-state index in [2.05, 4.69) is 21.9 Å². The zero-order chi connectivity index (χ0) is 15.9. The summed E-state index contributed by atoms with van der Waals surface area (Å²) in [5, 5.41) is 13.0. The molecule has 0 aromatic heterocycles. The third-order valence-electron chi connectivity index (χ3n) is 5.66. The largest absolute Gasteiger partial charge is 0.353 e. The van der Waals surface area contributed by atoms with Crippen LogP contribution in [-0.4, -0.2) is 49.4 Å². The van der Waals surface area contributed by atoms with Gasteiger partial charge in [-0.25, -0.2) is 0 Å². The number of amides is 1. The molecular formula is C18H32N4O. The van der Waals surface area contributed by atoms with E-state index in [-0.39, 0.29) is 5.91 Å². The molecule has 2 saturated carbocycles. The van der Waals surface area contributed by atoms with Crippen molar-refractivity contribution in [1.82, 2.24) is 15.6 Å². The molecule has 5 nitrogen and oxygen atoms in total. The van der Waals surface area contributed by atoms with Gasteiger partial charge in [0, 0.05) is 25.2 Å². The molecule has 2 unspecified atom stereocenters. The first-order valence-corrected chi connectivity index (χ1v) is 9.61. The Hall–Kier alpha value is -1.10. The Morgan fingerprint density at radius 2 is 1.83 bits per heavy atom. The molecule has 2 N–H and O–H groups in total. The fourth-order valence-corrected chi connectivity index (χ4v) is 4.29. The average Bonchev–Trinajstić information content (AvgIpc) is 2.99. The van der Waals surface area contributed by atoms with Crippen molar-refractivity contribution in [3.63, 3.8) is 0 Å². The molecule has 1 aliphatic heterocycles. The molecule has 3 aliphatic rings. The van der Waals surface area contributed by atoms with Gasteiger partial charge in [-0.2, -0.15) is 5.10 Å². The predicted octanol–water partition coefficient (Wildman–Crippen LogP) is 2.13. The number of nitrogens with zero attached hydrogens (tertiary/aromatic N) is 2. The molecule has 2 fully saturated rings. The molecule has 0 aromatic rings. The minimum Gasteiger partial charge on any atom is -0.353 e. The molecule has 0 bridgehead atoms. The summed E-state index contributed by atoms with van der Waals surface area (Å²) >= 11 is 0. The van der Waals surface area contributed by atoms with E-state index >= 15 is 0 Å². The van der Waals surface area contributed by atoms with E-state index in [0.29, 0.717) is 18.5 Å². The van der Waals surface area contributed by atoms with Gasteiger partial charge in [-0.3, -0.25) is 9.80 Å². The molecule has 3 rings (SSSR count). The van der Waals surface area contributed by atoms with Gasteiger partial charge in [0.2, 0.25) is 5.91 Å². The molecule has 0 saturated heterocycles. The Kier molecular flexibility index (Phi) is 6.31. The molecule has 1 heterocycles. The quantitative estimate of drug-likeness (QED) is 0.707. The smallest absolute Gasteiger partial charge is 0.241 e. The van der Waals surface area contributed by atoms with E-state index in [1.165, 1.54) is 57.8 Å². The number of carbonyl (C=O) groups is 1. The van der Waals surface area contributed by atoms with Crippen LogP contribution in [0.2, 0.25) is 0 Å². The summed E-state index contributed by atoms with van der Waals surface area (Å²) in [5.74, 6) is 1.53. The number of hydrogen-bond acceptors (Lipinski definition) is 4. The van der Waals surface area contributed by atoms with Crippen LogP contribution in [0.1, 0.15) is 57.8 Å². The number of hydrogen-bond donors (Lipinski definition) is 2. The van der Waals surface area contributed by atoms with Gasteiger partial charge < -0.3 is 10.6 Å². The van der Waals surface area contributed by atoms with Gasteiger partial charge in [-0.1, -0.05) is 32.1 Å². The zero-order valence-corrected chi connectivity index (χ0v) is 14.3. The molecule has 2 aliphatic carbocycles. The van der Waals surface area contributed by atoms with Crippen molar-refractivity contribution in [1.29, 1.82) is 0 Å². The van der Waals surface area contributed by atoms with Gasteiger partial charge in [-0.05, 0) is 38.1 Å². The lowest BCUT2D eigenvalue weighted by atomic mass is 9.86. The number of carbonyl (C=O) groups excluding carboxylic acids is 1. The van der Waals surface area contributed by atoms with E-state index in [1.54, 1.807) is 0 Å². The van der Waals surface area contributed by atoms with Gasteiger partial charge in [0.25, 0.3) is 0 Å². The molecule has 130 valence electrons. The number of nitrogens with one attached hydrogen (secondary N) is 2. The summed E-state index contributed by atoms with van der Waals surface area (Å²) in [4.78, 5) is 12.1. The molecule has 5 heteroatoms. The highest BCUT2D eigenvalue weighted by Crippen LogP contribution is 2.31. The molecule has 0 radical (unpaired) electrons. The van der Waals surface area contributed by atoms with Crippen LogP contribution in [0.3, 0.4) is 0 Å². The number of rotatable bonds is 7. The molecule has 0 spiro atoms. The maximum Gasteiger partial charge on any atom is 0.241 e. The van der Waals surface area contributed by atoms with E-state index in [1.807, 2.05) is 5.01 Å². The average molecular weight is 320 g/mol. The maximum atomic E-state index is 12.1. The van der Waals surface area contributed by atoms with E-state index in [4.69, 9.17) is 0 Å². The van der Waals surface area contributed by atoms with Gasteiger partial charge in [0.15, 0.2) is 0 Å². The Labute approximate surface area is 140 Å². The van der Waals surface area contributed by atoms with Crippen LogP contribution in [0, 0.1) is 11.8 Å². The van der Waals surface area contributed by atoms with Crippen LogP contribution >= 0.6 is 0 Å². The summed E-state index contributed by atoms with van der Waals surface area (Å²) in [6.07, 6.45) is 14.0. The van der Waals surface area contributed by atoms with Crippen LogP contribution in [0.15, 0.2) is 5.10 Å². The Bertz CT molecular complexity index is 406. The van der Waals surface area contributed by atoms with E-state index in [0.717, 1.165) is 25.6 Å². The minimum absolute atomic E-state index is 0.104. The monoisotopic (exact) mass is 320 g/mol. The highest BCUT2D eigenvalue weighted by molar-refractivity contribution is 5.78. The Balaban J connectivity index is 1.26. The van der Waals surface area contributed by atoms with Crippen molar-refractivity contribution in [2.45, 2.75) is 63.8 Å². The van der Waals surface area contributed by atoms with Gasteiger partial charge in [-0.15, -0.1) is 0 Å². The first-order chi connectivity index (χ1) is 11.3. The summed E-state index contributed by atoms with van der Waals surface area (Å²) in [5.41, 5.74) is 0. The van der Waals surface area contributed by atoms with Crippen molar-refractivity contribution in [3.8, 4) is 0 Å². The summed E-state index contributed by atoms with van der Waals surface area (Å²) in [6, 6.07) is 0.471. The van der Waals surface area contributed by atoms with Crippen LogP contribution < -0.4 is 10.6 Å². The first-order valence-electron chi connectivity index (χ1n) is 9.61. The molecule has 2 atom stereocenters. The highest BCUT2D eigenvalue weighted by atomic mass is 16.2. The second kappa shape index (κ2) is 8.67. The summed E-state index contributed by atoms with van der Waals surface area (Å²) < 4.78 is 0. The molecule has 0 aromatic carbocycles. The number of fused-ring (bicyclic) bond motifs is 1. The highest BCUT2D eigenvalue weighted by Gasteiger charge is 2.33. The van der Waals surface area contributed by atoms with Crippen LogP contribution in [0.4, 0.5) is 0 Å². The minimum atomic E-state index is 0.104. The van der Waals surface area contributed by atoms with E-state index < -0.39 is 0 Å². The molecular weight excluding hydrogens is 288 g/mol. The van der Waals surface area contributed by atoms with Gasteiger partial charge in [0.1, 0.15) is 6.54 Å². The maximum absolute atomic E-state index is 12.1. The van der Waals surface area contributed by atoms with E-state index in [9.17, 15) is 4.79 Å². The van der Waals surface area contributed by atoms with Crippen molar-refractivity contribution >= 4 is 12.1 Å². The topological polar surface area (TPSA) is 56.7 Å². The first kappa shape index (κ1) is 16.7. The SMILES string of the molecule is O=C(CN1N=CC2CCCCC21)NCCNCC1CCCCC1. The Morgan fingerprint density at radius 1 is 1.04 bits per heavy atom. The van der Waals surface area contributed by atoms with Crippen molar-refractivity contribution in [3.05, 3.63) is 0 Å². The molecule has 23 heavy (non-hydrogen) atoms. The molecule has 1 amide bonds. The second-order valence-corrected chi connectivity index (χ2v) is 7.44. The zero-order valence-electron chi connectivity index (χ0n) is 14.3. The third kappa shape index (κ3) is 4.93. The normalized spacial score (nSPS) is 27.9. The van der Waals surface area contributed by atoms with Gasteiger partial charge >= 0.3 is 0 Å². The fraction of sp³-hybridized carbons (Fsp3) is 0.889. The lowest BCUT2D eigenvalue weighted by Crippen LogP contribution is -2.42. The lowest BCUT2D eigenvalue weighted by molar-refractivity contribution is -0.122. The van der Waals surface area contributed by atoms with Gasteiger partial charge in [0.05, 0.1) is 6.04 Å². The number of hydrazone groups is 1. The van der Waals surface area contributed by atoms with Crippen molar-refractivity contribution < 1.29 is 4.79 Å². The van der Waals surface area contributed by atoms with Crippen LogP contribution in [-0.2, 0) is 4.79 Å². The predicted molar refractivity (Wildman–Crippen MR) is 93.4 cm³/mol. The van der Waals surface area contributed by atoms with Crippen LogP contribution in [0.5, 0.6) is 0 Å². The standard InChI is InChI=1S/C18H32N4O/c23-18(14-22-17-9-5-4-8-16(17)13-21-22)20-11-10-19-12-15-6-2-1-3-7-15/h13,15-17,19H,1-12,14H2,(H,20,23). The van der Waals surface area contributed by atoms with Crippen LogP contribution in [0.25, 0.3) is 0 Å². The summed E-state index contributed by atoms with van der Waals surface area (Å²) in [7, 11) is 0. The lowest BCUT2D eigenvalue weighted by Gasteiger charge is -2.30. The summed E-state index contributed by atoms with van der Waals surface area (Å²) in [6.45, 7) is 3.12. The second-order valence-electron chi connectivity index (χ2n) is 7.44. The van der Waals surface area contributed by atoms with Crippen molar-refractivity contribution in [2.24, 2.45) is 16.9 Å².